The molecule has 0 saturated heterocycles. The van der Waals surface area contributed by atoms with E-state index in [1.807, 2.05) is 29.2 Å². The number of ether oxygens (including phenoxy) is 1. The molecule has 4 fully saturated rings. The molecule has 3 N–H and O–H groups in total. The van der Waals surface area contributed by atoms with Crippen LogP contribution in [0.25, 0.3) is 0 Å². The van der Waals surface area contributed by atoms with Crippen LogP contribution in [0.15, 0.2) is 35.9 Å². The highest BCUT2D eigenvalue weighted by Gasteiger charge is 2.53. The summed E-state index contributed by atoms with van der Waals surface area (Å²) in [4.78, 5) is 27.9. The quantitative estimate of drug-likeness (QED) is 0.394. The molecular weight excluding hydrogens is 571 g/mol. The molecule has 8 heteroatoms. The number of carbonyl (C=O) groups excluding carboxylic acids is 2. The Labute approximate surface area is 226 Å². The van der Waals surface area contributed by atoms with Crippen LogP contribution in [0, 0.1) is 26.7 Å². The summed E-state index contributed by atoms with van der Waals surface area (Å²) in [5.41, 5.74) is 0.595. The average Bonchev–Trinajstić information content (AvgIpc) is 2.83. The molecule has 3 atom stereocenters. The molecule has 1 aromatic rings. The van der Waals surface area contributed by atoms with E-state index >= 15 is 0 Å². The van der Waals surface area contributed by atoms with Gasteiger partial charge in [0.2, 0.25) is 11.8 Å². The van der Waals surface area contributed by atoms with Gasteiger partial charge in [0, 0.05) is 32.0 Å². The molecule has 0 aliphatic heterocycles. The number of nitrogens with zero attached hydrogens (tertiary/aromatic N) is 1. The van der Waals surface area contributed by atoms with Crippen LogP contribution < -0.4 is 10.1 Å². The molecule has 7 nitrogen and oxygen atoms in total. The summed E-state index contributed by atoms with van der Waals surface area (Å²) in [6, 6.07) is 7.01. The third-order valence-corrected chi connectivity index (χ3v) is 9.68. The van der Waals surface area contributed by atoms with Crippen molar-refractivity contribution in [1.29, 1.82) is 0 Å². The smallest absolute Gasteiger partial charge is 0.247 e. The fourth-order valence-corrected chi connectivity index (χ4v) is 8.29. The van der Waals surface area contributed by atoms with Gasteiger partial charge in [0.1, 0.15) is 18.0 Å². The Morgan fingerprint density at radius 3 is 2.36 bits per heavy atom. The molecule has 0 unspecified atom stereocenters. The van der Waals surface area contributed by atoms with Crippen molar-refractivity contribution in [2.45, 2.75) is 70.1 Å². The van der Waals surface area contributed by atoms with Gasteiger partial charge in [-0.3, -0.25) is 9.59 Å². The molecule has 0 spiro atoms. The van der Waals surface area contributed by atoms with E-state index in [-0.39, 0.29) is 36.8 Å². The molecule has 1 aromatic carbocycles. The van der Waals surface area contributed by atoms with E-state index in [2.05, 4.69) is 27.9 Å². The summed E-state index contributed by atoms with van der Waals surface area (Å²) >= 11 is 2.19. The van der Waals surface area contributed by atoms with Gasteiger partial charge in [0.25, 0.3) is 0 Å². The molecule has 4 saturated carbocycles. The average molecular weight is 609 g/mol. The van der Waals surface area contributed by atoms with Crippen molar-refractivity contribution in [1.82, 2.24) is 10.2 Å². The van der Waals surface area contributed by atoms with E-state index in [1.165, 1.54) is 19.3 Å². The maximum Gasteiger partial charge on any atom is 0.247 e. The number of aliphatic hydroxyl groups excluding tert-OH is 2. The first-order valence-corrected chi connectivity index (χ1v) is 14.3. The summed E-state index contributed by atoms with van der Waals surface area (Å²) in [6.45, 7) is 2.20. The highest BCUT2D eigenvalue weighted by Crippen LogP contribution is 2.60. The predicted octanol–water partition coefficient (Wildman–Crippen LogP) is 3.27. The van der Waals surface area contributed by atoms with E-state index < -0.39 is 18.2 Å². The number of carbonyl (C=O) groups is 2. The van der Waals surface area contributed by atoms with Crippen molar-refractivity contribution < 1.29 is 24.5 Å². The van der Waals surface area contributed by atoms with E-state index in [0.717, 1.165) is 40.6 Å². The topological polar surface area (TPSA) is 99.1 Å². The second kappa shape index (κ2) is 10.6. The minimum Gasteiger partial charge on any atom is -0.482 e. The van der Waals surface area contributed by atoms with Crippen LogP contribution in [0.4, 0.5) is 0 Å². The van der Waals surface area contributed by atoms with Crippen LogP contribution in [0.3, 0.4) is 0 Å². The Kier molecular flexibility index (Phi) is 7.66. The lowest BCUT2D eigenvalue weighted by Crippen LogP contribution is -2.59. The van der Waals surface area contributed by atoms with Gasteiger partial charge in [0.05, 0.1) is 16.2 Å². The van der Waals surface area contributed by atoms with Gasteiger partial charge in [-0.2, -0.15) is 0 Å². The molecule has 196 valence electrons. The highest BCUT2D eigenvalue weighted by atomic mass is 127. The van der Waals surface area contributed by atoms with E-state index in [1.54, 1.807) is 13.0 Å². The Morgan fingerprint density at radius 1 is 1.14 bits per heavy atom. The third-order valence-electron chi connectivity index (χ3n) is 8.79. The zero-order valence-electron chi connectivity index (χ0n) is 20.9. The van der Waals surface area contributed by atoms with Crippen LogP contribution in [0.2, 0.25) is 0 Å². The third kappa shape index (κ3) is 5.31. The Balaban J connectivity index is 1.42. The lowest BCUT2D eigenvalue weighted by atomic mass is 9.49. The van der Waals surface area contributed by atoms with Gasteiger partial charge in [-0.1, -0.05) is 12.1 Å². The monoisotopic (exact) mass is 608 g/mol. The largest absolute Gasteiger partial charge is 0.482 e. The first-order valence-electron chi connectivity index (χ1n) is 13.2. The standard InChI is InChI=1S/C28H37IN2O5/c1-17(33)31(16-28-13-18-8-19(14-28)10-20(9-18)15-28)23-11-21(27(35)30-6-7-32)12-25(26(23)34)36-24-5-3-2-4-22(24)29/h2-5,12,18-20,23,25-26,32,34H,6-11,13-16H2,1H3,(H,30,35)/t18?,19?,20?,23-,25+,26+,28?/m1/s1. The van der Waals surface area contributed by atoms with Crippen molar-refractivity contribution in [2.24, 2.45) is 23.2 Å². The van der Waals surface area contributed by atoms with Crippen molar-refractivity contribution in [3.63, 3.8) is 0 Å². The van der Waals surface area contributed by atoms with Gasteiger partial charge in [0.15, 0.2) is 0 Å². The fourth-order valence-electron chi connectivity index (χ4n) is 7.77. The number of amides is 2. The van der Waals surface area contributed by atoms with Gasteiger partial charge in [-0.15, -0.1) is 0 Å². The van der Waals surface area contributed by atoms with Crippen LogP contribution >= 0.6 is 22.6 Å². The van der Waals surface area contributed by atoms with Gasteiger partial charge in [-0.25, -0.2) is 0 Å². The van der Waals surface area contributed by atoms with Crippen molar-refractivity contribution in [3.05, 3.63) is 39.5 Å². The van der Waals surface area contributed by atoms with Crippen molar-refractivity contribution >= 4 is 34.4 Å². The van der Waals surface area contributed by atoms with Gasteiger partial charge < -0.3 is 25.2 Å². The highest BCUT2D eigenvalue weighted by molar-refractivity contribution is 14.1. The molecule has 2 amide bonds. The Bertz CT molecular complexity index is 992. The molecule has 0 heterocycles. The second-order valence-electron chi connectivity index (χ2n) is 11.5. The number of hydrogen-bond donors (Lipinski definition) is 3. The minimum absolute atomic E-state index is 0.0696. The summed E-state index contributed by atoms with van der Waals surface area (Å²) in [5.74, 6) is 2.55. The van der Waals surface area contributed by atoms with Crippen LogP contribution in [-0.2, 0) is 9.59 Å². The normalized spacial score (nSPS) is 34.7. The van der Waals surface area contributed by atoms with Crippen molar-refractivity contribution in [3.8, 4) is 5.75 Å². The lowest BCUT2D eigenvalue weighted by Gasteiger charge is -2.58. The number of para-hydroxylation sites is 1. The molecule has 6 rings (SSSR count). The minimum atomic E-state index is -0.965. The first-order chi connectivity index (χ1) is 17.3. The number of rotatable bonds is 8. The molecule has 0 aromatic heterocycles. The van der Waals surface area contributed by atoms with E-state index in [9.17, 15) is 19.8 Å². The zero-order valence-corrected chi connectivity index (χ0v) is 23.0. The van der Waals surface area contributed by atoms with Gasteiger partial charge >= 0.3 is 0 Å². The van der Waals surface area contributed by atoms with Crippen LogP contribution in [0.5, 0.6) is 5.75 Å². The molecule has 5 aliphatic carbocycles. The maximum atomic E-state index is 13.1. The number of hydrogen-bond acceptors (Lipinski definition) is 5. The van der Waals surface area contributed by atoms with Crippen LogP contribution in [-0.4, -0.2) is 64.9 Å². The SMILES string of the molecule is CC(=O)N(CC12CC3CC(CC(C3)C1)C2)[C@@H]1CC(C(=O)NCCO)=C[C@H](Oc2ccccc2I)[C@H]1O. The summed E-state index contributed by atoms with van der Waals surface area (Å²) in [7, 11) is 0. The van der Waals surface area contributed by atoms with E-state index in [0.29, 0.717) is 17.9 Å². The molecule has 0 radical (unpaired) electrons. The molecule has 5 aliphatic rings. The summed E-state index contributed by atoms with van der Waals surface area (Å²) in [5, 5.41) is 23.5. The summed E-state index contributed by atoms with van der Waals surface area (Å²) < 4.78 is 7.14. The molecule has 36 heavy (non-hydrogen) atoms. The molecule has 4 bridgehead atoms. The van der Waals surface area contributed by atoms with E-state index in [4.69, 9.17) is 4.74 Å². The number of benzene rings is 1. The maximum absolute atomic E-state index is 13.1. The second-order valence-corrected chi connectivity index (χ2v) is 12.7. The Morgan fingerprint density at radius 2 is 1.78 bits per heavy atom. The fraction of sp³-hybridized carbons (Fsp3) is 0.643. The molecular formula is C28H37IN2O5. The Hall–Kier alpha value is -1.65. The predicted molar refractivity (Wildman–Crippen MR) is 144 cm³/mol. The summed E-state index contributed by atoms with van der Waals surface area (Å²) in [6.07, 6.45) is 7.67. The number of aliphatic hydroxyl groups is 2. The lowest BCUT2D eigenvalue weighted by molar-refractivity contribution is -0.144. The van der Waals surface area contributed by atoms with Crippen molar-refractivity contribution in [2.75, 3.05) is 19.7 Å². The number of halogens is 1. The first kappa shape index (κ1) is 26.0. The zero-order chi connectivity index (χ0) is 25.4. The van der Waals surface area contributed by atoms with Gasteiger partial charge in [-0.05, 0) is 102 Å². The number of nitrogens with one attached hydrogen (secondary N) is 1. The van der Waals surface area contributed by atoms with Crippen LogP contribution in [0.1, 0.15) is 51.9 Å².